The molecule has 2 aliphatic rings. The highest BCUT2D eigenvalue weighted by molar-refractivity contribution is 5.79. The molecule has 1 atom stereocenters. The molecule has 1 saturated heterocycles. The highest BCUT2D eigenvalue weighted by atomic mass is 19.1. The Hall–Kier alpha value is -3.10. The molecule has 1 aromatic carbocycles. The van der Waals surface area contributed by atoms with E-state index in [1.54, 1.807) is 23.2 Å². The van der Waals surface area contributed by atoms with Gasteiger partial charge in [-0.05, 0) is 31.5 Å². The van der Waals surface area contributed by atoms with Crippen molar-refractivity contribution in [1.82, 2.24) is 19.9 Å². The summed E-state index contributed by atoms with van der Waals surface area (Å²) < 4.78 is 26.8. The summed E-state index contributed by atoms with van der Waals surface area (Å²) in [5.74, 6) is -0.393. The van der Waals surface area contributed by atoms with Crippen molar-refractivity contribution >= 4 is 18.2 Å². The van der Waals surface area contributed by atoms with Crippen LogP contribution in [0.3, 0.4) is 0 Å². The number of carbonyl (C=O) groups is 1. The Labute approximate surface area is 167 Å². The van der Waals surface area contributed by atoms with Crippen molar-refractivity contribution in [2.75, 3.05) is 24.5 Å². The van der Waals surface area contributed by atoms with E-state index in [4.69, 9.17) is 0 Å². The quantitative estimate of drug-likeness (QED) is 0.777. The van der Waals surface area contributed by atoms with E-state index in [0.29, 0.717) is 37.6 Å². The highest BCUT2D eigenvalue weighted by Crippen LogP contribution is 2.32. The molecule has 0 radical (unpaired) electrons. The van der Waals surface area contributed by atoms with Gasteiger partial charge in [-0.15, -0.1) is 0 Å². The molecule has 0 bridgehead atoms. The maximum Gasteiger partial charge on any atom is 0.341 e. The fourth-order valence-corrected chi connectivity index (χ4v) is 3.86. The number of hydrogen-bond donors (Lipinski definition) is 0. The van der Waals surface area contributed by atoms with Crippen LogP contribution in [0.2, 0.25) is 0 Å². The van der Waals surface area contributed by atoms with Gasteiger partial charge in [0.25, 0.3) is 0 Å². The number of carbonyl (C=O) groups excluding carboxylic acids is 1. The molecule has 4 rings (SSSR count). The van der Waals surface area contributed by atoms with Gasteiger partial charge in [0.2, 0.25) is 5.95 Å². The smallest absolute Gasteiger partial charge is 0.337 e. The van der Waals surface area contributed by atoms with Crippen molar-refractivity contribution < 1.29 is 13.6 Å². The number of benzene rings is 1. The van der Waals surface area contributed by atoms with E-state index in [2.05, 4.69) is 15.1 Å². The molecule has 1 aromatic heterocycles. The maximum atomic E-state index is 13.7. The Balaban J connectivity index is 1.51. The van der Waals surface area contributed by atoms with Crippen LogP contribution in [0.15, 0.2) is 41.8 Å². The molecule has 152 valence electrons. The average Bonchev–Trinajstić information content (AvgIpc) is 3.17. The number of piperazine rings is 1. The van der Waals surface area contributed by atoms with Crippen LogP contribution in [-0.2, 0) is 0 Å². The first-order valence-corrected chi connectivity index (χ1v) is 9.46. The number of anilines is 1. The van der Waals surface area contributed by atoms with E-state index in [1.165, 1.54) is 17.1 Å². The number of amides is 2. The minimum absolute atomic E-state index is 0.224. The molecule has 7 nitrogen and oxygen atoms in total. The molecular weight excluding hydrogens is 378 g/mol. The topological polar surface area (TPSA) is 64.9 Å². The van der Waals surface area contributed by atoms with Gasteiger partial charge in [-0.1, -0.05) is 12.1 Å². The van der Waals surface area contributed by atoms with Crippen LogP contribution < -0.4 is 4.90 Å². The molecule has 2 amide bonds. The summed E-state index contributed by atoms with van der Waals surface area (Å²) in [7, 11) is 0. The van der Waals surface area contributed by atoms with E-state index < -0.39 is 11.4 Å². The highest BCUT2D eigenvalue weighted by Gasteiger charge is 2.42. The van der Waals surface area contributed by atoms with Gasteiger partial charge in [-0.25, -0.2) is 28.6 Å². The summed E-state index contributed by atoms with van der Waals surface area (Å²) in [6.45, 7) is 5.36. The summed E-state index contributed by atoms with van der Waals surface area (Å²) in [6, 6.07) is 5.71. The maximum absolute atomic E-state index is 13.7. The van der Waals surface area contributed by atoms with E-state index in [9.17, 15) is 13.6 Å². The first-order chi connectivity index (χ1) is 13.8. The number of hydrazone groups is 1. The second kappa shape index (κ2) is 7.38. The standard InChI is InChI=1S/C20H22F2N6O/c1-20(2)13-26(18-23-11-16(22)12-24-18)8-9-27(20)19(29)28-17(6-7-25-28)14-4-3-5-15(21)10-14/h3-5,7,10-12,17H,6,8-9,13H2,1-2H3. The third kappa shape index (κ3) is 3.76. The zero-order valence-corrected chi connectivity index (χ0v) is 16.3. The van der Waals surface area contributed by atoms with Crippen LogP contribution in [0, 0.1) is 11.6 Å². The predicted molar refractivity (Wildman–Crippen MR) is 104 cm³/mol. The lowest BCUT2D eigenvalue weighted by Gasteiger charge is -2.48. The van der Waals surface area contributed by atoms with Crippen molar-refractivity contribution in [3.8, 4) is 0 Å². The van der Waals surface area contributed by atoms with E-state index in [1.807, 2.05) is 18.7 Å². The summed E-state index contributed by atoms with van der Waals surface area (Å²) in [4.78, 5) is 25.1. The molecule has 1 fully saturated rings. The van der Waals surface area contributed by atoms with Crippen molar-refractivity contribution in [2.24, 2.45) is 5.10 Å². The first-order valence-electron chi connectivity index (χ1n) is 9.46. The molecule has 0 aliphatic carbocycles. The normalized spacial score (nSPS) is 21.0. The van der Waals surface area contributed by atoms with Gasteiger partial charge in [0.05, 0.1) is 24.0 Å². The Morgan fingerprint density at radius 3 is 2.59 bits per heavy atom. The van der Waals surface area contributed by atoms with Gasteiger partial charge in [0.15, 0.2) is 5.82 Å². The minimum Gasteiger partial charge on any atom is -0.337 e. The molecular formula is C20H22F2N6O. The lowest BCUT2D eigenvalue weighted by Crippen LogP contribution is -2.63. The molecule has 29 heavy (non-hydrogen) atoms. The monoisotopic (exact) mass is 400 g/mol. The zero-order chi connectivity index (χ0) is 20.6. The van der Waals surface area contributed by atoms with Gasteiger partial charge in [0.1, 0.15) is 5.82 Å². The van der Waals surface area contributed by atoms with Crippen LogP contribution in [0.4, 0.5) is 19.5 Å². The lowest BCUT2D eigenvalue weighted by molar-refractivity contribution is 0.0854. The van der Waals surface area contributed by atoms with Gasteiger partial charge < -0.3 is 9.80 Å². The fourth-order valence-electron chi connectivity index (χ4n) is 3.86. The first kappa shape index (κ1) is 19.2. The zero-order valence-electron chi connectivity index (χ0n) is 16.3. The second-order valence-electron chi connectivity index (χ2n) is 7.82. The largest absolute Gasteiger partial charge is 0.341 e. The van der Waals surface area contributed by atoms with Crippen molar-refractivity contribution in [3.63, 3.8) is 0 Å². The summed E-state index contributed by atoms with van der Waals surface area (Å²) in [5, 5.41) is 5.70. The Morgan fingerprint density at radius 1 is 1.14 bits per heavy atom. The van der Waals surface area contributed by atoms with Gasteiger partial charge in [-0.2, -0.15) is 5.10 Å². The third-order valence-electron chi connectivity index (χ3n) is 5.28. The Bertz CT molecular complexity index is 933. The van der Waals surface area contributed by atoms with Crippen LogP contribution in [0.25, 0.3) is 0 Å². The average molecular weight is 400 g/mol. The van der Waals surface area contributed by atoms with Gasteiger partial charge in [-0.3, -0.25) is 0 Å². The number of urea groups is 1. The molecule has 2 aromatic rings. The summed E-state index contributed by atoms with van der Waals surface area (Å²) in [6.07, 6.45) is 4.49. The Kier molecular flexibility index (Phi) is 4.89. The molecule has 1 unspecified atom stereocenters. The van der Waals surface area contributed by atoms with Crippen LogP contribution in [-0.4, -0.2) is 57.3 Å². The van der Waals surface area contributed by atoms with Gasteiger partial charge >= 0.3 is 6.03 Å². The van der Waals surface area contributed by atoms with E-state index in [0.717, 1.165) is 12.4 Å². The van der Waals surface area contributed by atoms with Crippen molar-refractivity contribution in [2.45, 2.75) is 31.8 Å². The molecule has 9 heteroatoms. The van der Waals surface area contributed by atoms with Gasteiger partial charge in [0, 0.05) is 32.3 Å². The predicted octanol–water partition coefficient (Wildman–Crippen LogP) is 3.21. The van der Waals surface area contributed by atoms with E-state index >= 15 is 0 Å². The summed E-state index contributed by atoms with van der Waals surface area (Å²) in [5.41, 5.74) is 0.185. The molecule has 0 saturated carbocycles. The number of hydrogen-bond acceptors (Lipinski definition) is 5. The van der Waals surface area contributed by atoms with Crippen molar-refractivity contribution in [3.05, 3.63) is 53.9 Å². The molecule has 3 heterocycles. The SMILES string of the molecule is CC1(C)CN(c2ncc(F)cn2)CCN1C(=O)N1N=CCC1c1cccc(F)c1. The minimum atomic E-state index is -0.530. The number of rotatable bonds is 2. The molecule has 2 aliphatic heterocycles. The fraction of sp³-hybridized carbons (Fsp3) is 0.400. The second-order valence-corrected chi connectivity index (χ2v) is 7.82. The molecule has 0 spiro atoms. The van der Waals surface area contributed by atoms with E-state index in [-0.39, 0.29) is 17.9 Å². The Morgan fingerprint density at radius 2 is 1.90 bits per heavy atom. The third-order valence-corrected chi connectivity index (χ3v) is 5.28. The summed E-state index contributed by atoms with van der Waals surface area (Å²) >= 11 is 0. The number of nitrogens with zero attached hydrogens (tertiary/aromatic N) is 6. The molecule has 0 N–H and O–H groups in total. The van der Waals surface area contributed by atoms with Crippen LogP contribution in [0.1, 0.15) is 31.9 Å². The van der Waals surface area contributed by atoms with Crippen molar-refractivity contribution in [1.29, 1.82) is 0 Å². The lowest BCUT2D eigenvalue weighted by atomic mass is 9.99. The number of halogens is 2. The van der Waals surface area contributed by atoms with Crippen LogP contribution >= 0.6 is 0 Å². The number of aromatic nitrogens is 2. The van der Waals surface area contributed by atoms with Crippen LogP contribution in [0.5, 0.6) is 0 Å².